The lowest BCUT2D eigenvalue weighted by Crippen LogP contribution is -2.10. The van der Waals surface area contributed by atoms with Crippen molar-refractivity contribution in [3.05, 3.63) is 158 Å². The predicted molar refractivity (Wildman–Crippen MR) is 162 cm³/mol. The minimum absolute atomic E-state index is 0.538. The topological polar surface area (TPSA) is 0 Å². The summed E-state index contributed by atoms with van der Waals surface area (Å²) in [5, 5.41) is 2.69. The van der Waals surface area contributed by atoms with Gasteiger partial charge in [-0.15, -0.1) is 0 Å². The van der Waals surface area contributed by atoms with E-state index < -0.39 is 0 Å². The summed E-state index contributed by atoms with van der Waals surface area (Å²) in [5.41, 5.74) is 10.1. The van der Waals surface area contributed by atoms with Gasteiger partial charge in [-0.2, -0.15) is 0 Å². The van der Waals surface area contributed by atoms with Crippen LogP contribution in [-0.2, 0) is 0 Å². The molecule has 0 amide bonds. The molecule has 0 aliphatic heterocycles. The minimum Gasteiger partial charge on any atom is -0.0622 e. The van der Waals surface area contributed by atoms with E-state index in [-0.39, 0.29) is 0 Å². The molecule has 0 fully saturated rings. The molecule has 1 unspecified atom stereocenters. The molecule has 0 aliphatic rings. The van der Waals surface area contributed by atoms with Crippen molar-refractivity contribution in [2.24, 2.45) is 0 Å². The van der Waals surface area contributed by atoms with Gasteiger partial charge in [-0.3, -0.25) is 0 Å². The Labute approximate surface area is 221 Å². The molecule has 0 nitrogen and oxygen atoms in total. The first-order chi connectivity index (χ1) is 18.4. The van der Waals surface area contributed by atoms with Gasteiger partial charge in [0.15, 0.2) is 0 Å². The van der Waals surface area contributed by atoms with E-state index in [0.29, 0.717) is 8.58 Å². The van der Waals surface area contributed by atoms with Crippen LogP contribution in [0.25, 0.3) is 44.5 Å². The van der Waals surface area contributed by atoms with Crippen molar-refractivity contribution in [3.63, 3.8) is 0 Å². The molecule has 6 rings (SSSR count). The van der Waals surface area contributed by atoms with E-state index in [4.69, 9.17) is 0 Å². The maximum Gasteiger partial charge on any atom is -0.00141 e. The first kappa shape index (κ1) is 23.2. The van der Waals surface area contributed by atoms with Gasteiger partial charge in [0.05, 0.1) is 0 Å². The van der Waals surface area contributed by atoms with E-state index in [1.165, 1.54) is 55.1 Å². The van der Waals surface area contributed by atoms with Gasteiger partial charge in [0, 0.05) is 0 Å². The average molecular weight is 491 g/mol. The van der Waals surface area contributed by atoms with Gasteiger partial charge < -0.3 is 0 Å². The molecule has 0 spiro atoms. The van der Waals surface area contributed by atoms with Crippen molar-refractivity contribution >= 4 is 19.2 Å². The third-order valence-corrected chi connectivity index (χ3v) is 7.94. The molecule has 0 saturated heterocycles. The lowest BCUT2D eigenvalue weighted by Gasteiger charge is -2.24. The summed E-state index contributed by atoms with van der Waals surface area (Å²) in [6, 6.07) is 56.7. The highest BCUT2D eigenvalue weighted by Gasteiger charge is 2.22. The van der Waals surface area contributed by atoms with Crippen molar-refractivity contribution in [2.45, 2.75) is 0 Å². The molecule has 0 N–H and O–H groups in total. The molecule has 0 heterocycles. The number of benzene rings is 6. The van der Waals surface area contributed by atoms with Crippen LogP contribution in [0.4, 0.5) is 0 Å². The second kappa shape index (κ2) is 10.8. The number of hydrogen-bond acceptors (Lipinski definition) is 0. The number of rotatable bonds is 6. The van der Waals surface area contributed by atoms with Gasteiger partial charge >= 0.3 is 0 Å². The Kier molecular flexibility index (Phi) is 6.76. The molecule has 1 atom stereocenters. The zero-order valence-corrected chi connectivity index (χ0v) is 21.5. The molecular weight excluding hydrogens is 463 g/mol. The SMILES string of the molecule is c1ccc(Pc2cc(-c3ccccc3)c(-c3ccccc3)c(-c3ccccc3)c2-c2ccccc2)cc1. The maximum absolute atomic E-state index is 2.44. The van der Waals surface area contributed by atoms with E-state index in [1.807, 2.05) is 0 Å². The average Bonchev–Trinajstić information content (AvgIpc) is 2.99. The van der Waals surface area contributed by atoms with E-state index in [9.17, 15) is 0 Å². The van der Waals surface area contributed by atoms with Gasteiger partial charge in [-0.1, -0.05) is 160 Å². The molecule has 0 aliphatic carbocycles. The molecule has 0 aromatic heterocycles. The molecular formula is C36H27P. The summed E-state index contributed by atoms with van der Waals surface area (Å²) in [5.74, 6) is 0. The van der Waals surface area contributed by atoms with E-state index >= 15 is 0 Å². The summed E-state index contributed by atoms with van der Waals surface area (Å²) < 4.78 is 0. The summed E-state index contributed by atoms with van der Waals surface area (Å²) >= 11 is 0. The van der Waals surface area contributed by atoms with Gasteiger partial charge in [0.25, 0.3) is 0 Å². The molecule has 6 aromatic carbocycles. The molecule has 176 valence electrons. The molecule has 0 saturated carbocycles. The normalized spacial score (nSPS) is 11.1. The van der Waals surface area contributed by atoms with Crippen LogP contribution >= 0.6 is 8.58 Å². The smallest absolute Gasteiger partial charge is 0.00141 e. The summed E-state index contributed by atoms with van der Waals surface area (Å²) in [7, 11) is 0.538. The van der Waals surface area contributed by atoms with E-state index in [2.05, 4.69) is 158 Å². The third kappa shape index (κ3) is 4.90. The Morgan fingerprint density at radius 1 is 0.324 bits per heavy atom. The fourth-order valence-electron chi connectivity index (χ4n) is 5.01. The van der Waals surface area contributed by atoms with Crippen molar-refractivity contribution in [1.82, 2.24) is 0 Å². The van der Waals surface area contributed by atoms with Crippen LogP contribution in [0.2, 0.25) is 0 Å². The van der Waals surface area contributed by atoms with Gasteiger partial charge in [-0.05, 0) is 61.2 Å². The Bertz CT molecular complexity index is 1590. The van der Waals surface area contributed by atoms with E-state index in [1.54, 1.807) is 0 Å². The van der Waals surface area contributed by atoms with Crippen LogP contribution in [0.3, 0.4) is 0 Å². The van der Waals surface area contributed by atoms with Crippen molar-refractivity contribution in [2.75, 3.05) is 0 Å². The van der Waals surface area contributed by atoms with Gasteiger partial charge in [-0.25, -0.2) is 0 Å². The molecule has 0 bridgehead atoms. The predicted octanol–water partition coefficient (Wildman–Crippen LogP) is 8.98. The van der Waals surface area contributed by atoms with Crippen molar-refractivity contribution in [3.8, 4) is 44.5 Å². The molecule has 0 radical (unpaired) electrons. The fourth-order valence-corrected chi connectivity index (χ4v) is 6.29. The fraction of sp³-hybridized carbons (Fsp3) is 0. The van der Waals surface area contributed by atoms with Gasteiger partial charge in [0.1, 0.15) is 0 Å². The highest BCUT2D eigenvalue weighted by molar-refractivity contribution is 7.55. The monoisotopic (exact) mass is 490 g/mol. The van der Waals surface area contributed by atoms with Crippen molar-refractivity contribution in [1.29, 1.82) is 0 Å². The summed E-state index contributed by atoms with van der Waals surface area (Å²) in [4.78, 5) is 0. The van der Waals surface area contributed by atoms with Crippen LogP contribution in [0, 0.1) is 0 Å². The highest BCUT2D eigenvalue weighted by Crippen LogP contribution is 2.46. The standard InChI is InChI=1S/C36H27P/c1-6-16-27(17-7-1)32-26-33(37-31-24-14-5-15-25-31)35(29-20-10-3-11-21-29)36(30-22-12-4-13-23-30)34(32)28-18-8-2-9-19-28/h1-26,37H. The van der Waals surface area contributed by atoms with E-state index in [0.717, 1.165) is 0 Å². The largest absolute Gasteiger partial charge is 0.0622 e. The Morgan fingerprint density at radius 3 is 1.19 bits per heavy atom. The minimum atomic E-state index is 0.538. The lowest BCUT2D eigenvalue weighted by atomic mass is 9.83. The zero-order valence-electron chi connectivity index (χ0n) is 20.5. The lowest BCUT2D eigenvalue weighted by molar-refractivity contribution is 1.56. The Hall–Kier alpha value is -4.25. The van der Waals surface area contributed by atoms with Gasteiger partial charge in [0.2, 0.25) is 0 Å². The zero-order chi connectivity index (χ0) is 24.9. The molecule has 37 heavy (non-hydrogen) atoms. The second-order valence-electron chi connectivity index (χ2n) is 9.05. The summed E-state index contributed by atoms with van der Waals surface area (Å²) in [6.07, 6.45) is 0. The first-order valence-corrected chi connectivity index (χ1v) is 13.6. The van der Waals surface area contributed by atoms with Crippen LogP contribution in [0.1, 0.15) is 0 Å². The third-order valence-electron chi connectivity index (χ3n) is 6.65. The number of hydrogen-bond donors (Lipinski definition) is 0. The highest BCUT2D eigenvalue weighted by atomic mass is 31.1. The van der Waals surface area contributed by atoms with Crippen LogP contribution < -0.4 is 10.6 Å². The van der Waals surface area contributed by atoms with Crippen LogP contribution in [0.15, 0.2) is 158 Å². The second-order valence-corrected chi connectivity index (χ2v) is 10.4. The molecule has 6 aromatic rings. The Balaban J connectivity index is 1.77. The first-order valence-electron chi connectivity index (χ1n) is 12.6. The summed E-state index contributed by atoms with van der Waals surface area (Å²) in [6.45, 7) is 0. The van der Waals surface area contributed by atoms with Crippen LogP contribution in [-0.4, -0.2) is 0 Å². The van der Waals surface area contributed by atoms with Crippen LogP contribution in [0.5, 0.6) is 0 Å². The van der Waals surface area contributed by atoms with Crippen molar-refractivity contribution < 1.29 is 0 Å². The quantitative estimate of drug-likeness (QED) is 0.204. The maximum atomic E-state index is 2.44. The molecule has 1 heteroatoms. The Morgan fingerprint density at radius 2 is 0.703 bits per heavy atom.